The summed E-state index contributed by atoms with van der Waals surface area (Å²) in [5, 5.41) is 11.6. The lowest BCUT2D eigenvalue weighted by atomic mass is 10.3. The van der Waals surface area contributed by atoms with Crippen molar-refractivity contribution in [1.82, 2.24) is 0 Å². The van der Waals surface area contributed by atoms with Gasteiger partial charge in [-0.3, -0.25) is 0 Å². The number of carbonyl (C=O) groups is 2. The predicted octanol–water partition coefficient (Wildman–Crippen LogP) is 0.417. The van der Waals surface area contributed by atoms with E-state index in [9.17, 15) is 9.59 Å². The van der Waals surface area contributed by atoms with Crippen LogP contribution in [0.4, 0.5) is 0 Å². The zero-order valence-corrected chi connectivity index (χ0v) is 8.15. The fourth-order valence-electron chi connectivity index (χ4n) is 0.632. The van der Waals surface area contributed by atoms with Crippen molar-refractivity contribution >= 4 is 17.7 Å². The first-order valence-electron chi connectivity index (χ1n) is 4.15. The molecule has 0 heterocycles. The third kappa shape index (κ3) is 4.44. The van der Waals surface area contributed by atoms with E-state index in [4.69, 9.17) is 5.11 Å². The molecule has 0 saturated carbocycles. The minimum Gasteiger partial charge on any atom is -0.476 e. The van der Waals surface area contributed by atoms with Crippen LogP contribution in [0.5, 0.6) is 0 Å². The number of carboxylic acid groups (broad SMARTS) is 1. The molecule has 0 aromatic heterocycles. The van der Waals surface area contributed by atoms with Crippen LogP contribution < -0.4 is 0 Å². The molecule has 0 aromatic rings. The molecule has 0 rings (SSSR count). The van der Waals surface area contributed by atoms with E-state index in [-0.39, 0.29) is 6.61 Å². The minimum atomic E-state index is -1.46. The monoisotopic (exact) mass is 203 g/mol. The number of oxime groups is 1. The van der Waals surface area contributed by atoms with E-state index in [1.165, 1.54) is 0 Å². The maximum absolute atomic E-state index is 11.0. The molecule has 0 radical (unpaired) electrons. The summed E-state index contributed by atoms with van der Waals surface area (Å²) < 4.78 is 4.63. The second-order valence-electron chi connectivity index (χ2n) is 2.42. The summed E-state index contributed by atoms with van der Waals surface area (Å²) in [5.74, 6) is -2.44. The number of carbonyl (C=O) groups excluding carboxylic acids is 1. The van der Waals surface area contributed by atoms with E-state index < -0.39 is 17.7 Å². The van der Waals surface area contributed by atoms with Gasteiger partial charge in [-0.25, -0.2) is 9.59 Å². The number of nitrogens with zero attached hydrogens (tertiary/aromatic N) is 1. The molecule has 0 aliphatic heterocycles. The molecule has 0 saturated heterocycles. The molecule has 0 amide bonds. The van der Waals surface area contributed by atoms with E-state index in [1.54, 1.807) is 0 Å². The Morgan fingerprint density at radius 1 is 1.43 bits per heavy atom. The Morgan fingerprint density at radius 3 is 2.50 bits per heavy atom. The van der Waals surface area contributed by atoms with Gasteiger partial charge in [-0.15, -0.1) is 0 Å². The summed E-state index contributed by atoms with van der Waals surface area (Å²) in [7, 11) is 1.16. The molecule has 0 spiro atoms. The summed E-state index contributed by atoms with van der Waals surface area (Å²) >= 11 is 0. The molecule has 0 aliphatic carbocycles. The molecule has 0 bridgehead atoms. The first-order chi connectivity index (χ1) is 6.63. The van der Waals surface area contributed by atoms with Gasteiger partial charge in [0.1, 0.15) is 7.11 Å². The molecular weight excluding hydrogens is 190 g/mol. The maximum atomic E-state index is 11.0. The van der Waals surface area contributed by atoms with Gasteiger partial charge in [-0.2, -0.15) is 0 Å². The average Bonchev–Trinajstić information content (AvgIpc) is 2.13. The fraction of sp³-hybridized carbons (Fsp3) is 0.625. The molecule has 1 N–H and O–H groups in total. The minimum absolute atomic E-state index is 0.186. The van der Waals surface area contributed by atoms with Gasteiger partial charge >= 0.3 is 11.9 Å². The van der Waals surface area contributed by atoms with Gasteiger partial charge in [0.2, 0.25) is 0 Å². The molecular formula is C8H13NO5. The fourth-order valence-corrected chi connectivity index (χ4v) is 0.632. The van der Waals surface area contributed by atoms with E-state index >= 15 is 0 Å². The number of hydrogen-bond donors (Lipinski definition) is 1. The number of esters is 1. The van der Waals surface area contributed by atoms with Crippen LogP contribution in [0.3, 0.4) is 0 Å². The van der Waals surface area contributed by atoms with Crippen LogP contribution in [0.15, 0.2) is 5.16 Å². The molecule has 0 atom stereocenters. The standard InChI is InChI=1S/C8H13NO5/c1-3-4-5-14-8(12)6(7(10)11)9-13-2/h3-5H2,1-2H3,(H,10,11). The van der Waals surface area contributed by atoms with Crippen LogP contribution in [0.2, 0.25) is 0 Å². The van der Waals surface area contributed by atoms with Crippen LogP contribution in [0, 0.1) is 0 Å². The van der Waals surface area contributed by atoms with E-state index in [1.807, 2.05) is 6.92 Å². The summed E-state index contributed by atoms with van der Waals surface area (Å²) in [6.07, 6.45) is 1.54. The second-order valence-corrected chi connectivity index (χ2v) is 2.42. The van der Waals surface area contributed by atoms with Gasteiger partial charge in [0.25, 0.3) is 5.71 Å². The summed E-state index contributed by atoms with van der Waals surface area (Å²) in [6.45, 7) is 2.11. The highest BCUT2D eigenvalue weighted by atomic mass is 16.6. The average molecular weight is 203 g/mol. The van der Waals surface area contributed by atoms with E-state index in [0.29, 0.717) is 6.42 Å². The summed E-state index contributed by atoms with van der Waals surface area (Å²) in [4.78, 5) is 25.7. The Labute approximate surface area is 81.5 Å². The number of aliphatic carboxylic acids is 1. The highest BCUT2D eigenvalue weighted by molar-refractivity contribution is 6.62. The van der Waals surface area contributed by atoms with Crippen molar-refractivity contribution in [3.63, 3.8) is 0 Å². The molecule has 0 aliphatic rings. The Hall–Kier alpha value is -1.59. The Balaban J connectivity index is 4.17. The highest BCUT2D eigenvalue weighted by Gasteiger charge is 2.22. The molecule has 80 valence electrons. The lowest BCUT2D eigenvalue weighted by Crippen LogP contribution is -2.26. The maximum Gasteiger partial charge on any atom is 0.368 e. The summed E-state index contributed by atoms with van der Waals surface area (Å²) in [6, 6.07) is 0. The highest BCUT2D eigenvalue weighted by Crippen LogP contribution is 1.92. The predicted molar refractivity (Wildman–Crippen MR) is 47.9 cm³/mol. The van der Waals surface area contributed by atoms with Crippen LogP contribution in [0.25, 0.3) is 0 Å². The van der Waals surface area contributed by atoms with Gasteiger partial charge in [0, 0.05) is 0 Å². The number of carboxylic acids is 1. The van der Waals surface area contributed by atoms with Gasteiger partial charge in [0.15, 0.2) is 0 Å². The number of ether oxygens (including phenoxy) is 1. The lowest BCUT2D eigenvalue weighted by molar-refractivity contribution is -0.138. The molecule has 0 fully saturated rings. The van der Waals surface area contributed by atoms with Crippen LogP contribution in [0.1, 0.15) is 19.8 Å². The number of hydrogen-bond acceptors (Lipinski definition) is 5. The van der Waals surface area contributed by atoms with Crippen molar-refractivity contribution in [3.8, 4) is 0 Å². The first kappa shape index (κ1) is 12.4. The lowest BCUT2D eigenvalue weighted by Gasteiger charge is -2.02. The van der Waals surface area contributed by atoms with Gasteiger partial charge < -0.3 is 14.7 Å². The number of unbranched alkanes of at least 4 members (excludes halogenated alkanes) is 1. The molecule has 0 aromatic carbocycles. The summed E-state index contributed by atoms with van der Waals surface area (Å²) in [5.41, 5.74) is -0.747. The normalized spacial score (nSPS) is 10.9. The Kier molecular flexibility index (Phi) is 6.09. The Bertz CT molecular complexity index is 236. The topological polar surface area (TPSA) is 85.2 Å². The van der Waals surface area contributed by atoms with Gasteiger partial charge in [-0.05, 0) is 6.42 Å². The van der Waals surface area contributed by atoms with Crippen molar-refractivity contribution in [3.05, 3.63) is 0 Å². The quantitative estimate of drug-likeness (QED) is 0.222. The SMILES string of the molecule is CCCCOC(=O)C(=NOC)C(=O)O. The van der Waals surface area contributed by atoms with Crippen molar-refractivity contribution in [2.75, 3.05) is 13.7 Å². The first-order valence-corrected chi connectivity index (χ1v) is 4.15. The van der Waals surface area contributed by atoms with Crippen molar-refractivity contribution in [2.24, 2.45) is 5.16 Å². The zero-order chi connectivity index (χ0) is 11.0. The zero-order valence-electron chi connectivity index (χ0n) is 8.15. The third-order valence-electron chi connectivity index (χ3n) is 1.31. The van der Waals surface area contributed by atoms with E-state index in [2.05, 4.69) is 14.7 Å². The molecule has 6 nitrogen and oxygen atoms in total. The number of rotatable bonds is 6. The van der Waals surface area contributed by atoms with Crippen molar-refractivity contribution in [1.29, 1.82) is 0 Å². The van der Waals surface area contributed by atoms with Gasteiger partial charge in [0.05, 0.1) is 6.61 Å². The van der Waals surface area contributed by atoms with Crippen LogP contribution in [-0.2, 0) is 19.2 Å². The third-order valence-corrected chi connectivity index (χ3v) is 1.31. The Morgan fingerprint density at radius 2 is 2.07 bits per heavy atom. The molecule has 14 heavy (non-hydrogen) atoms. The smallest absolute Gasteiger partial charge is 0.368 e. The van der Waals surface area contributed by atoms with E-state index in [0.717, 1.165) is 13.5 Å². The van der Waals surface area contributed by atoms with Crippen LogP contribution >= 0.6 is 0 Å². The largest absolute Gasteiger partial charge is 0.476 e. The van der Waals surface area contributed by atoms with Crippen LogP contribution in [-0.4, -0.2) is 36.5 Å². The molecule has 6 heteroatoms. The second kappa shape index (κ2) is 6.88. The van der Waals surface area contributed by atoms with Crippen molar-refractivity contribution in [2.45, 2.75) is 19.8 Å². The van der Waals surface area contributed by atoms with Crippen molar-refractivity contribution < 1.29 is 24.3 Å². The van der Waals surface area contributed by atoms with Gasteiger partial charge in [-0.1, -0.05) is 18.5 Å². The molecule has 0 unspecified atom stereocenters.